The highest BCUT2D eigenvalue weighted by atomic mass is 32.2. The third-order valence-electron chi connectivity index (χ3n) is 2.75. The summed E-state index contributed by atoms with van der Waals surface area (Å²) < 4.78 is 5.40. The SMILES string of the molecule is CSCC[C@H](NC(=O)NC(C)c1ccc(C)o1)C(=O)O. The van der Waals surface area contributed by atoms with E-state index in [4.69, 9.17) is 9.52 Å². The first-order valence-corrected chi connectivity index (χ1v) is 7.68. The number of nitrogens with one attached hydrogen (secondary N) is 2. The number of hydrogen-bond acceptors (Lipinski definition) is 4. The van der Waals surface area contributed by atoms with E-state index in [9.17, 15) is 9.59 Å². The lowest BCUT2D eigenvalue weighted by Crippen LogP contribution is -2.46. The zero-order chi connectivity index (χ0) is 15.1. The third-order valence-corrected chi connectivity index (χ3v) is 3.39. The summed E-state index contributed by atoms with van der Waals surface area (Å²) in [5.74, 6) is 1.03. The quantitative estimate of drug-likeness (QED) is 0.717. The van der Waals surface area contributed by atoms with Gasteiger partial charge in [0.2, 0.25) is 0 Å². The zero-order valence-electron chi connectivity index (χ0n) is 11.8. The highest BCUT2D eigenvalue weighted by molar-refractivity contribution is 7.98. The number of hydrogen-bond donors (Lipinski definition) is 3. The first-order chi connectivity index (χ1) is 9.43. The van der Waals surface area contributed by atoms with E-state index < -0.39 is 18.0 Å². The minimum absolute atomic E-state index is 0.321. The number of carboxylic acids is 1. The van der Waals surface area contributed by atoms with Crippen molar-refractivity contribution < 1.29 is 19.1 Å². The van der Waals surface area contributed by atoms with Gasteiger partial charge in [-0.3, -0.25) is 0 Å². The predicted molar refractivity (Wildman–Crippen MR) is 78.0 cm³/mol. The molecule has 0 bridgehead atoms. The summed E-state index contributed by atoms with van der Waals surface area (Å²) in [4.78, 5) is 22.8. The van der Waals surface area contributed by atoms with Crippen molar-refractivity contribution in [3.05, 3.63) is 23.7 Å². The van der Waals surface area contributed by atoms with Crippen LogP contribution in [0.4, 0.5) is 4.79 Å². The normalized spacial score (nSPS) is 13.6. The number of urea groups is 1. The summed E-state index contributed by atoms with van der Waals surface area (Å²) in [6, 6.07) is 1.87. The van der Waals surface area contributed by atoms with Gasteiger partial charge in [-0.05, 0) is 44.4 Å². The molecule has 2 atom stereocenters. The molecule has 3 N–H and O–H groups in total. The predicted octanol–water partition coefficient (Wildman–Crippen LogP) is 2.15. The standard InChI is InChI=1S/C13H20N2O4S/c1-8-4-5-11(19-8)9(2)14-13(18)15-10(12(16)17)6-7-20-3/h4-5,9-10H,6-7H2,1-3H3,(H,16,17)(H2,14,15,18)/t9?,10-/m0/s1. The second-order valence-electron chi connectivity index (χ2n) is 4.46. The van der Waals surface area contributed by atoms with E-state index in [1.165, 1.54) is 11.8 Å². The lowest BCUT2D eigenvalue weighted by molar-refractivity contribution is -0.139. The summed E-state index contributed by atoms with van der Waals surface area (Å²) in [5, 5.41) is 14.1. The van der Waals surface area contributed by atoms with E-state index in [1.54, 1.807) is 13.0 Å². The number of carboxylic acid groups (broad SMARTS) is 1. The Kier molecular flexibility index (Phi) is 6.44. The van der Waals surface area contributed by atoms with Gasteiger partial charge in [0.05, 0.1) is 6.04 Å². The molecule has 1 aromatic heterocycles. The van der Waals surface area contributed by atoms with E-state index in [0.717, 1.165) is 5.76 Å². The molecule has 1 heterocycles. The van der Waals surface area contributed by atoms with Gasteiger partial charge < -0.3 is 20.2 Å². The van der Waals surface area contributed by atoms with Gasteiger partial charge >= 0.3 is 12.0 Å². The smallest absolute Gasteiger partial charge is 0.326 e. The molecule has 0 spiro atoms. The average molecular weight is 300 g/mol. The van der Waals surface area contributed by atoms with Crippen molar-refractivity contribution in [1.29, 1.82) is 0 Å². The highest BCUT2D eigenvalue weighted by Crippen LogP contribution is 2.15. The van der Waals surface area contributed by atoms with Crippen LogP contribution in [0.3, 0.4) is 0 Å². The van der Waals surface area contributed by atoms with Crippen LogP contribution in [0.25, 0.3) is 0 Å². The molecule has 2 amide bonds. The second-order valence-corrected chi connectivity index (χ2v) is 5.45. The van der Waals surface area contributed by atoms with Crippen LogP contribution < -0.4 is 10.6 Å². The monoisotopic (exact) mass is 300 g/mol. The van der Waals surface area contributed by atoms with Crippen molar-refractivity contribution in [3.8, 4) is 0 Å². The fourth-order valence-electron chi connectivity index (χ4n) is 1.65. The van der Waals surface area contributed by atoms with Gasteiger partial charge in [0.25, 0.3) is 0 Å². The molecule has 0 aromatic carbocycles. The van der Waals surface area contributed by atoms with E-state index in [-0.39, 0.29) is 6.04 Å². The molecule has 1 unspecified atom stereocenters. The number of aliphatic carboxylic acids is 1. The Labute approximate surface area is 122 Å². The fourth-order valence-corrected chi connectivity index (χ4v) is 2.12. The molecular weight excluding hydrogens is 280 g/mol. The van der Waals surface area contributed by atoms with Crippen LogP contribution >= 0.6 is 11.8 Å². The fraction of sp³-hybridized carbons (Fsp3) is 0.538. The van der Waals surface area contributed by atoms with Crippen LogP contribution in [0.1, 0.15) is 30.9 Å². The van der Waals surface area contributed by atoms with Gasteiger partial charge in [0.1, 0.15) is 17.6 Å². The minimum atomic E-state index is -1.03. The van der Waals surface area contributed by atoms with Crippen LogP contribution in [0.2, 0.25) is 0 Å². The lowest BCUT2D eigenvalue weighted by Gasteiger charge is -2.17. The Bertz CT molecular complexity index is 461. The molecule has 0 saturated carbocycles. The Morgan fingerprint density at radius 1 is 1.40 bits per heavy atom. The Morgan fingerprint density at radius 2 is 2.10 bits per heavy atom. The summed E-state index contributed by atoms with van der Waals surface area (Å²) in [5.41, 5.74) is 0. The van der Waals surface area contributed by atoms with Gasteiger partial charge in [-0.15, -0.1) is 0 Å². The molecule has 1 aromatic rings. The highest BCUT2D eigenvalue weighted by Gasteiger charge is 2.21. The third kappa shape index (κ3) is 5.16. The summed E-state index contributed by atoms with van der Waals surface area (Å²) >= 11 is 1.54. The molecule has 6 nitrogen and oxygen atoms in total. The van der Waals surface area contributed by atoms with Crippen LogP contribution in [-0.2, 0) is 4.79 Å². The Morgan fingerprint density at radius 3 is 2.60 bits per heavy atom. The maximum absolute atomic E-state index is 11.8. The van der Waals surface area contributed by atoms with Gasteiger partial charge in [-0.1, -0.05) is 0 Å². The molecule has 0 aliphatic heterocycles. The summed E-state index contributed by atoms with van der Waals surface area (Å²) in [6.45, 7) is 3.59. The van der Waals surface area contributed by atoms with Crippen LogP contribution in [0.5, 0.6) is 0 Å². The van der Waals surface area contributed by atoms with Crippen molar-refractivity contribution in [1.82, 2.24) is 10.6 Å². The molecule has 0 fully saturated rings. The second kappa shape index (κ2) is 7.84. The minimum Gasteiger partial charge on any atom is -0.480 e. The molecule has 7 heteroatoms. The first-order valence-electron chi connectivity index (χ1n) is 6.29. The van der Waals surface area contributed by atoms with Crippen LogP contribution in [0, 0.1) is 6.92 Å². The number of furan rings is 1. The number of amides is 2. The van der Waals surface area contributed by atoms with Gasteiger partial charge in [-0.25, -0.2) is 9.59 Å². The van der Waals surface area contributed by atoms with E-state index in [2.05, 4.69) is 10.6 Å². The van der Waals surface area contributed by atoms with Crippen molar-refractivity contribution in [2.75, 3.05) is 12.0 Å². The summed E-state index contributed by atoms with van der Waals surface area (Å²) in [7, 11) is 0. The molecule has 0 aliphatic rings. The van der Waals surface area contributed by atoms with E-state index >= 15 is 0 Å². The molecule has 20 heavy (non-hydrogen) atoms. The molecule has 0 radical (unpaired) electrons. The van der Waals surface area contributed by atoms with Crippen molar-refractivity contribution >= 4 is 23.8 Å². The Hall–Kier alpha value is -1.63. The number of aryl methyl sites for hydroxylation is 1. The van der Waals surface area contributed by atoms with Crippen molar-refractivity contribution in [2.45, 2.75) is 32.4 Å². The van der Waals surface area contributed by atoms with Gasteiger partial charge in [0.15, 0.2) is 0 Å². The number of carbonyl (C=O) groups excluding carboxylic acids is 1. The van der Waals surface area contributed by atoms with Crippen molar-refractivity contribution in [3.63, 3.8) is 0 Å². The van der Waals surface area contributed by atoms with Crippen LogP contribution in [0.15, 0.2) is 16.5 Å². The largest absolute Gasteiger partial charge is 0.480 e. The molecule has 112 valence electrons. The average Bonchev–Trinajstić information content (AvgIpc) is 2.80. The topological polar surface area (TPSA) is 91.6 Å². The maximum Gasteiger partial charge on any atom is 0.326 e. The zero-order valence-corrected chi connectivity index (χ0v) is 12.6. The first kappa shape index (κ1) is 16.4. The van der Waals surface area contributed by atoms with Crippen LogP contribution in [-0.4, -0.2) is 35.2 Å². The van der Waals surface area contributed by atoms with Crippen molar-refractivity contribution in [2.24, 2.45) is 0 Å². The Balaban J connectivity index is 2.50. The molecule has 0 saturated heterocycles. The number of thioether (sulfide) groups is 1. The lowest BCUT2D eigenvalue weighted by atomic mass is 10.2. The molecule has 0 aliphatic carbocycles. The number of carbonyl (C=O) groups is 2. The number of rotatable bonds is 7. The van der Waals surface area contributed by atoms with Gasteiger partial charge in [-0.2, -0.15) is 11.8 Å². The molecule has 1 rings (SSSR count). The van der Waals surface area contributed by atoms with E-state index in [0.29, 0.717) is 17.9 Å². The van der Waals surface area contributed by atoms with Gasteiger partial charge in [0, 0.05) is 0 Å². The van der Waals surface area contributed by atoms with E-state index in [1.807, 2.05) is 19.2 Å². The molecular formula is C13H20N2O4S. The maximum atomic E-state index is 11.8. The summed E-state index contributed by atoms with van der Waals surface area (Å²) in [6.07, 6.45) is 2.28.